The van der Waals surface area contributed by atoms with E-state index in [4.69, 9.17) is 11.6 Å². The molecule has 108 valence electrons. The van der Waals surface area contributed by atoms with Gasteiger partial charge in [0.15, 0.2) is 0 Å². The summed E-state index contributed by atoms with van der Waals surface area (Å²) >= 11 is 6.95. The van der Waals surface area contributed by atoms with Crippen LogP contribution in [-0.2, 0) is 5.41 Å². The number of alkyl halides is 1. The highest BCUT2D eigenvalue weighted by atomic mass is 35.5. The van der Waals surface area contributed by atoms with Crippen LogP contribution in [0.4, 0.5) is 0 Å². The lowest BCUT2D eigenvalue weighted by Gasteiger charge is -2.29. The molecule has 0 saturated carbocycles. The summed E-state index contributed by atoms with van der Waals surface area (Å²) in [5, 5.41) is 7.16. The first-order valence-corrected chi connectivity index (χ1v) is 7.75. The zero-order valence-electron chi connectivity index (χ0n) is 12.2. The summed E-state index contributed by atoms with van der Waals surface area (Å²) in [6.07, 6.45) is 1.58. The Morgan fingerprint density at radius 3 is 2.47 bits per heavy atom. The highest BCUT2D eigenvalue weighted by molar-refractivity contribution is 7.08. The van der Waals surface area contributed by atoms with E-state index < -0.39 is 0 Å². The maximum absolute atomic E-state index is 12.4. The molecule has 0 spiro atoms. The van der Waals surface area contributed by atoms with Crippen LogP contribution in [0.2, 0.25) is 0 Å². The Morgan fingerprint density at radius 1 is 1.37 bits per heavy atom. The van der Waals surface area contributed by atoms with Crippen molar-refractivity contribution in [2.75, 3.05) is 5.88 Å². The number of hydrogen-bond acceptors (Lipinski definition) is 4. The minimum Gasteiger partial charge on any atom is -0.346 e. The molecule has 1 aromatic rings. The summed E-state index contributed by atoms with van der Waals surface area (Å²) in [4.78, 5) is 13.0. The average Bonchev–Trinajstić information content (AvgIpc) is 2.77. The molecular weight excluding hydrogens is 282 g/mol. The molecule has 1 heterocycles. The fourth-order valence-corrected chi connectivity index (χ4v) is 2.89. The van der Waals surface area contributed by atoms with Crippen LogP contribution in [-0.4, -0.2) is 26.9 Å². The molecule has 6 heteroatoms. The predicted molar refractivity (Wildman–Crippen MR) is 80.1 cm³/mol. The second-order valence-electron chi connectivity index (χ2n) is 6.01. The number of carbonyl (C=O) groups excluding carboxylic acids is 1. The molecule has 1 atom stereocenters. The molecule has 0 aromatic carbocycles. The summed E-state index contributed by atoms with van der Waals surface area (Å²) in [7, 11) is 0. The molecule has 1 rings (SSSR count). The van der Waals surface area contributed by atoms with E-state index in [1.807, 2.05) is 34.6 Å². The van der Waals surface area contributed by atoms with Crippen molar-refractivity contribution in [1.29, 1.82) is 0 Å². The molecule has 0 aliphatic carbocycles. The fourth-order valence-electron chi connectivity index (χ4n) is 1.70. The van der Waals surface area contributed by atoms with Crippen molar-refractivity contribution in [3.8, 4) is 0 Å². The number of halogens is 1. The fraction of sp³-hybridized carbons (Fsp3) is 0.769. The number of aromatic nitrogens is 2. The van der Waals surface area contributed by atoms with Crippen LogP contribution < -0.4 is 5.32 Å². The molecule has 1 amide bonds. The monoisotopic (exact) mass is 303 g/mol. The largest absolute Gasteiger partial charge is 0.346 e. The van der Waals surface area contributed by atoms with Crippen molar-refractivity contribution in [1.82, 2.24) is 14.9 Å². The summed E-state index contributed by atoms with van der Waals surface area (Å²) in [6, 6.07) is 0. The Balaban J connectivity index is 2.93. The van der Waals surface area contributed by atoms with Gasteiger partial charge < -0.3 is 5.32 Å². The van der Waals surface area contributed by atoms with E-state index in [1.165, 1.54) is 0 Å². The predicted octanol–water partition coefficient (Wildman–Crippen LogP) is 3.36. The van der Waals surface area contributed by atoms with Crippen LogP contribution in [0.15, 0.2) is 0 Å². The average molecular weight is 304 g/mol. The Labute approximate surface area is 124 Å². The number of amides is 1. The van der Waals surface area contributed by atoms with Crippen molar-refractivity contribution in [3.63, 3.8) is 0 Å². The quantitative estimate of drug-likeness (QED) is 0.849. The molecule has 0 saturated heterocycles. The van der Waals surface area contributed by atoms with E-state index in [1.54, 1.807) is 0 Å². The lowest BCUT2D eigenvalue weighted by molar-refractivity contribution is 0.0903. The van der Waals surface area contributed by atoms with Gasteiger partial charge in [0.25, 0.3) is 5.91 Å². The van der Waals surface area contributed by atoms with Gasteiger partial charge in [-0.1, -0.05) is 32.2 Å². The topological polar surface area (TPSA) is 54.9 Å². The maximum Gasteiger partial charge on any atom is 0.265 e. The second-order valence-corrected chi connectivity index (χ2v) is 7.14. The lowest BCUT2D eigenvalue weighted by atomic mass is 9.90. The second kappa shape index (κ2) is 6.18. The van der Waals surface area contributed by atoms with E-state index >= 15 is 0 Å². The standard InChI is InChI=1S/C13H22ClN3OS/c1-6-13(5,7-8-14)15-11(18)9-10(12(2,3)4)16-17-19-9/h6-8H2,1-5H3,(H,15,18). The number of hydrogen-bond donors (Lipinski definition) is 1. The van der Waals surface area contributed by atoms with Crippen molar-refractivity contribution in [2.24, 2.45) is 0 Å². The van der Waals surface area contributed by atoms with Crippen LogP contribution in [0.5, 0.6) is 0 Å². The number of nitrogens with zero attached hydrogens (tertiary/aromatic N) is 2. The molecule has 4 nitrogen and oxygen atoms in total. The molecular formula is C13H22ClN3OS. The van der Waals surface area contributed by atoms with Gasteiger partial charge in [-0.2, -0.15) is 0 Å². The van der Waals surface area contributed by atoms with E-state index in [-0.39, 0.29) is 16.9 Å². The van der Waals surface area contributed by atoms with Crippen LogP contribution in [0, 0.1) is 0 Å². The Hall–Kier alpha value is -0.680. The van der Waals surface area contributed by atoms with Crippen molar-refractivity contribution < 1.29 is 4.79 Å². The first kappa shape index (κ1) is 16.4. The molecule has 1 aromatic heterocycles. The van der Waals surface area contributed by atoms with E-state index in [2.05, 4.69) is 14.9 Å². The van der Waals surface area contributed by atoms with Gasteiger partial charge >= 0.3 is 0 Å². The minimum atomic E-state index is -0.280. The van der Waals surface area contributed by atoms with Crippen molar-refractivity contribution in [2.45, 2.75) is 58.4 Å². The van der Waals surface area contributed by atoms with Gasteiger partial charge in [-0.3, -0.25) is 4.79 Å². The van der Waals surface area contributed by atoms with Gasteiger partial charge in [0.1, 0.15) is 4.88 Å². The SMILES string of the molecule is CCC(C)(CCCl)NC(=O)c1snnc1C(C)(C)C. The highest BCUT2D eigenvalue weighted by Crippen LogP contribution is 2.26. The molecule has 0 bridgehead atoms. The third-order valence-electron chi connectivity index (χ3n) is 3.25. The number of nitrogens with one attached hydrogen (secondary N) is 1. The van der Waals surface area contributed by atoms with Crippen LogP contribution in [0.25, 0.3) is 0 Å². The van der Waals surface area contributed by atoms with Crippen LogP contribution in [0.1, 0.15) is 62.8 Å². The van der Waals surface area contributed by atoms with E-state index in [9.17, 15) is 4.79 Å². The first-order chi connectivity index (χ1) is 8.73. The molecule has 0 aliphatic rings. The third kappa shape index (κ3) is 4.14. The highest BCUT2D eigenvalue weighted by Gasteiger charge is 2.30. The van der Waals surface area contributed by atoms with E-state index in [0.717, 1.165) is 30.1 Å². The number of rotatable bonds is 5. The molecule has 19 heavy (non-hydrogen) atoms. The minimum absolute atomic E-state index is 0.102. The Morgan fingerprint density at radius 2 is 2.00 bits per heavy atom. The van der Waals surface area contributed by atoms with E-state index in [0.29, 0.717) is 10.8 Å². The van der Waals surface area contributed by atoms with Crippen LogP contribution in [0.3, 0.4) is 0 Å². The Kier molecular flexibility index (Phi) is 5.33. The lowest BCUT2D eigenvalue weighted by Crippen LogP contribution is -2.46. The van der Waals surface area contributed by atoms with Gasteiger partial charge in [0.2, 0.25) is 0 Å². The maximum atomic E-state index is 12.4. The van der Waals surface area contributed by atoms with Crippen LogP contribution >= 0.6 is 23.1 Å². The van der Waals surface area contributed by atoms with Gasteiger partial charge in [0, 0.05) is 16.8 Å². The van der Waals surface area contributed by atoms with Gasteiger partial charge in [-0.15, -0.1) is 16.7 Å². The first-order valence-electron chi connectivity index (χ1n) is 6.45. The van der Waals surface area contributed by atoms with Gasteiger partial charge in [-0.25, -0.2) is 0 Å². The zero-order chi connectivity index (χ0) is 14.7. The molecule has 0 radical (unpaired) electrons. The zero-order valence-corrected chi connectivity index (χ0v) is 13.8. The van der Waals surface area contributed by atoms with Gasteiger partial charge in [0.05, 0.1) is 5.69 Å². The summed E-state index contributed by atoms with van der Waals surface area (Å²) in [6.45, 7) is 10.1. The molecule has 0 fully saturated rings. The molecule has 0 aliphatic heterocycles. The molecule has 1 unspecified atom stereocenters. The normalized spacial score (nSPS) is 15.1. The Bertz CT molecular complexity index is 441. The summed E-state index contributed by atoms with van der Waals surface area (Å²) < 4.78 is 3.92. The smallest absolute Gasteiger partial charge is 0.265 e. The van der Waals surface area contributed by atoms with Gasteiger partial charge in [-0.05, 0) is 31.3 Å². The third-order valence-corrected chi connectivity index (χ3v) is 4.16. The molecule has 1 N–H and O–H groups in total. The van der Waals surface area contributed by atoms with Crippen molar-refractivity contribution in [3.05, 3.63) is 10.6 Å². The van der Waals surface area contributed by atoms with Crippen molar-refractivity contribution >= 4 is 29.0 Å². The summed E-state index contributed by atoms with van der Waals surface area (Å²) in [5.41, 5.74) is 0.284. The number of carbonyl (C=O) groups is 1. The summed E-state index contributed by atoms with van der Waals surface area (Å²) in [5.74, 6) is 0.423.